The zero-order chi connectivity index (χ0) is 22.7. The van der Waals surface area contributed by atoms with Crippen LogP contribution in [0.1, 0.15) is 41.6 Å². The molecule has 0 spiro atoms. The van der Waals surface area contributed by atoms with E-state index >= 15 is 0 Å². The number of urea groups is 1. The maximum Gasteiger partial charge on any atom is 0.319 e. The molecule has 0 radical (unpaired) electrons. The number of benzene rings is 2. The molecule has 0 unspecified atom stereocenters. The molecular formula is C23H26FN3O4. The van der Waals surface area contributed by atoms with E-state index in [4.69, 9.17) is 9.15 Å². The van der Waals surface area contributed by atoms with Gasteiger partial charge in [-0.1, -0.05) is 13.8 Å². The zero-order valence-electron chi connectivity index (χ0n) is 18.1. The van der Waals surface area contributed by atoms with Crippen molar-refractivity contribution in [2.75, 3.05) is 19.5 Å². The summed E-state index contributed by atoms with van der Waals surface area (Å²) in [5, 5.41) is 8.88. The number of furan rings is 1. The Balaban J connectivity index is 1.84. The highest BCUT2D eigenvalue weighted by Gasteiger charge is 2.25. The molecule has 3 rings (SSSR count). The number of hydrogen-bond donors (Lipinski definition) is 3. The summed E-state index contributed by atoms with van der Waals surface area (Å²) in [4.78, 5) is 24.8. The molecule has 0 aliphatic rings. The molecule has 8 heteroatoms. The molecule has 0 fully saturated rings. The molecule has 1 heterocycles. The molecule has 0 saturated carbocycles. The van der Waals surface area contributed by atoms with Gasteiger partial charge in [0, 0.05) is 23.7 Å². The Bertz CT molecular complexity index is 1120. The maximum atomic E-state index is 13.6. The van der Waals surface area contributed by atoms with Crippen molar-refractivity contribution in [3.63, 3.8) is 0 Å². The molecule has 3 amide bonds. The summed E-state index contributed by atoms with van der Waals surface area (Å²) in [5.74, 6) is 0.307. The van der Waals surface area contributed by atoms with Crippen molar-refractivity contribution in [1.29, 1.82) is 0 Å². The smallest absolute Gasteiger partial charge is 0.319 e. The van der Waals surface area contributed by atoms with Crippen LogP contribution in [0.4, 0.5) is 14.9 Å². The number of amides is 3. The predicted molar refractivity (Wildman–Crippen MR) is 117 cm³/mol. The van der Waals surface area contributed by atoms with Crippen LogP contribution in [0, 0.1) is 18.7 Å². The highest BCUT2D eigenvalue weighted by atomic mass is 19.1. The summed E-state index contributed by atoms with van der Waals surface area (Å²) in [6.45, 7) is 5.75. The van der Waals surface area contributed by atoms with E-state index in [0.717, 1.165) is 5.56 Å². The lowest BCUT2D eigenvalue weighted by atomic mass is 9.98. The average Bonchev–Trinajstić information content (AvgIpc) is 3.06. The minimum atomic E-state index is -0.460. The van der Waals surface area contributed by atoms with Gasteiger partial charge >= 0.3 is 6.03 Å². The van der Waals surface area contributed by atoms with Gasteiger partial charge in [0.2, 0.25) is 0 Å². The van der Waals surface area contributed by atoms with Gasteiger partial charge in [-0.3, -0.25) is 4.79 Å². The van der Waals surface area contributed by atoms with Crippen molar-refractivity contribution in [2.45, 2.75) is 26.8 Å². The van der Waals surface area contributed by atoms with Gasteiger partial charge in [-0.05, 0) is 49.2 Å². The predicted octanol–water partition coefficient (Wildman–Crippen LogP) is 4.77. The molecule has 164 valence electrons. The molecule has 1 aromatic heterocycles. The molecule has 31 heavy (non-hydrogen) atoms. The third-order valence-electron chi connectivity index (χ3n) is 5.10. The molecule has 2 aromatic carbocycles. The standard InChI is InChI=1S/C23H26FN3O4/c1-12(2)20(21-13(3)16-10-14(24)6-8-19(16)31-21)27-23(29)26-15-7-9-18(30-5)17(11-15)22(28)25-4/h6-12,20H,1-5H3,(H,25,28)(H2,26,27,29)/t20-/m1/s1. The summed E-state index contributed by atoms with van der Waals surface area (Å²) >= 11 is 0. The maximum absolute atomic E-state index is 13.6. The first kappa shape index (κ1) is 22.1. The van der Waals surface area contributed by atoms with E-state index in [1.54, 1.807) is 18.2 Å². The van der Waals surface area contributed by atoms with E-state index in [0.29, 0.717) is 33.7 Å². The fraction of sp³-hybridized carbons (Fsp3) is 0.304. The number of fused-ring (bicyclic) bond motifs is 1. The Morgan fingerprint density at radius 3 is 2.52 bits per heavy atom. The number of hydrogen-bond acceptors (Lipinski definition) is 4. The highest BCUT2D eigenvalue weighted by molar-refractivity contribution is 5.99. The second-order valence-electron chi connectivity index (χ2n) is 7.55. The number of halogens is 1. The number of ether oxygens (including phenoxy) is 1. The summed E-state index contributed by atoms with van der Waals surface area (Å²) in [6.07, 6.45) is 0. The molecule has 0 saturated heterocycles. The molecule has 0 bridgehead atoms. The Morgan fingerprint density at radius 1 is 1.13 bits per heavy atom. The number of carbonyl (C=O) groups is 2. The minimum Gasteiger partial charge on any atom is -0.496 e. The number of rotatable bonds is 6. The van der Waals surface area contributed by atoms with Gasteiger partial charge in [0.05, 0.1) is 18.7 Å². The molecule has 3 aromatic rings. The van der Waals surface area contributed by atoms with E-state index in [2.05, 4.69) is 16.0 Å². The summed E-state index contributed by atoms with van der Waals surface area (Å²) in [5.41, 5.74) is 2.08. The number of nitrogens with one attached hydrogen (secondary N) is 3. The topological polar surface area (TPSA) is 92.6 Å². The van der Waals surface area contributed by atoms with Crippen molar-refractivity contribution < 1.29 is 23.1 Å². The van der Waals surface area contributed by atoms with E-state index in [1.165, 1.54) is 32.4 Å². The lowest BCUT2D eigenvalue weighted by molar-refractivity contribution is 0.0960. The third kappa shape index (κ3) is 4.63. The van der Waals surface area contributed by atoms with Crippen molar-refractivity contribution >= 4 is 28.6 Å². The van der Waals surface area contributed by atoms with E-state index in [1.807, 2.05) is 20.8 Å². The molecule has 1 atom stereocenters. The summed E-state index contributed by atoms with van der Waals surface area (Å²) in [6, 6.07) is 8.24. The number of anilines is 1. The Labute approximate surface area is 180 Å². The second kappa shape index (κ2) is 9.07. The van der Waals surface area contributed by atoms with Crippen LogP contribution in [0.2, 0.25) is 0 Å². The van der Waals surface area contributed by atoms with Crippen LogP contribution in [0.3, 0.4) is 0 Å². The average molecular weight is 427 g/mol. The van der Waals surface area contributed by atoms with Gasteiger partial charge in [0.25, 0.3) is 5.91 Å². The lowest BCUT2D eigenvalue weighted by Gasteiger charge is -2.21. The van der Waals surface area contributed by atoms with E-state index < -0.39 is 12.1 Å². The largest absolute Gasteiger partial charge is 0.496 e. The van der Waals surface area contributed by atoms with Crippen LogP contribution in [0.25, 0.3) is 11.0 Å². The summed E-state index contributed by atoms with van der Waals surface area (Å²) < 4.78 is 24.8. The van der Waals surface area contributed by atoms with Gasteiger partial charge in [-0.2, -0.15) is 0 Å². The zero-order valence-corrected chi connectivity index (χ0v) is 18.1. The van der Waals surface area contributed by atoms with Gasteiger partial charge in [0.1, 0.15) is 22.9 Å². The van der Waals surface area contributed by atoms with Gasteiger partial charge in [-0.25, -0.2) is 9.18 Å². The molecule has 7 nitrogen and oxygen atoms in total. The van der Waals surface area contributed by atoms with Gasteiger partial charge in [0.15, 0.2) is 0 Å². The normalized spacial score (nSPS) is 12.0. The molecule has 3 N–H and O–H groups in total. The van der Waals surface area contributed by atoms with Gasteiger partial charge < -0.3 is 25.1 Å². The van der Waals surface area contributed by atoms with Crippen LogP contribution in [0.15, 0.2) is 40.8 Å². The SMILES string of the molecule is CNC(=O)c1cc(NC(=O)N[C@@H](c2oc3ccc(F)cc3c2C)C(C)C)ccc1OC. The van der Waals surface area contributed by atoms with Crippen LogP contribution in [0.5, 0.6) is 5.75 Å². The molecule has 0 aliphatic heterocycles. The third-order valence-corrected chi connectivity index (χ3v) is 5.10. The first-order valence-corrected chi connectivity index (χ1v) is 9.91. The van der Waals surface area contributed by atoms with Crippen molar-refractivity contribution in [2.24, 2.45) is 5.92 Å². The number of carbonyl (C=O) groups excluding carboxylic acids is 2. The summed E-state index contributed by atoms with van der Waals surface area (Å²) in [7, 11) is 2.99. The fourth-order valence-corrected chi connectivity index (χ4v) is 3.45. The lowest BCUT2D eigenvalue weighted by Crippen LogP contribution is -2.35. The van der Waals surface area contributed by atoms with Crippen LogP contribution in [-0.4, -0.2) is 26.1 Å². The Hall–Kier alpha value is -3.55. The van der Waals surface area contributed by atoms with Crippen LogP contribution in [-0.2, 0) is 0 Å². The first-order valence-electron chi connectivity index (χ1n) is 9.91. The van der Waals surface area contributed by atoms with E-state index in [9.17, 15) is 14.0 Å². The van der Waals surface area contributed by atoms with Gasteiger partial charge in [-0.15, -0.1) is 0 Å². The van der Waals surface area contributed by atoms with Crippen LogP contribution >= 0.6 is 0 Å². The van der Waals surface area contributed by atoms with Crippen molar-refractivity contribution in [3.8, 4) is 5.75 Å². The molecular weight excluding hydrogens is 401 g/mol. The second-order valence-corrected chi connectivity index (χ2v) is 7.55. The van der Waals surface area contributed by atoms with Crippen LogP contribution < -0.4 is 20.7 Å². The first-order chi connectivity index (χ1) is 14.7. The van der Waals surface area contributed by atoms with Crippen molar-refractivity contribution in [3.05, 3.63) is 59.1 Å². The minimum absolute atomic E-state index is 0.00663. The highest BCUT2D eigenvalue weighted by Crippen LogP contribution is 2.33. The van der Waals surface area contributed by atoms with Crippen molar-refractivity contribution in [1.82, 2.24) is 10.6 Å². The number of methoxy groups -OCH3 is 1. The quantitative estimate of drug-likeness (QED) is 0.528. The number of aryl methyl sites for hydroxylation is 1. The molecule has 0 aliphatic carbocycles. The fourth-order valence-electron chi connectivity index (χ4n) is 3.45. The van der Waals surface area contributed by atoms with E-state index in [-0.39, 0.29) is 17.6 Å². The Kier molecular flexibility index (Phi) is 6.48. The Morgan fingerprint density at radius 2 is 1.87 bits per heavy atom. The monoisotopic (exact) mass is 427 g/mol.